The topological polar surface area (TPSA) is 75.6 Å². The van der Waals surface area contributed by atoms with E-state index < -0.39 is 11.6 Å². The summed E-state index contributed by atoms with van der Waals surface area (Å²) in [7, 11) is 1.56. The van der Waals surface area contributed by atoms with Gasteiger partial charge in [-0.25, -0.2) is 4.79 Å². The summed E-state index contributed by atoms with van der Waals surface area (Å²) in [4.78, 5) is 22.9. The van der Waals surface area contributed by atoms with Gasteiger partial charge in [-0.15, -0.1) is 0 Å². The maximum atomic E-state index is 12.0. The number of ether oxygens (including phenoxy) is 1. The van der Waals surface area contributed by atoms with E-state index in [4.69, 9.17) is 9.84 Å². The molecule has 0 saturated heterocycles. The first-order chi connectivity index (χ1) is 9.57. The zero-order valence-electron chi connectivity index (χ0n) is 11.5. The van der Waals surface area contributed by atoms with E-state index in [0.717, 1.165) is 24.8 Å². The largest absolute Gasteiger partial charge is 0.478 e. The molecule has 0 atom stereocenters. The van der Waals surface area contributed by atoms with Crippen molar-refractivity contribution >= 4 is 11.9 Å². The molecule has 0 heterocycles. The van der Waals surface area contributed by atoms with Gasteiger partial charge in [0.2, 0.25) is 0 Å². The predicted molar refractivity (Wildman–Crippen MR) is 73.7 cm³/mol. The lowest BCUT2D eigenvalue weighted by Crippen LogP contribution is -2.53. The number of aromatic carboxylic acids is 1. The van der Waals surface area contributed by atoms with E-state index in [2.05, 4.69) is 5.32 Å². The first-order valence-corrected chi connectivity index (χ1v) is 6.73. The minimum absolute atomic E-state index is 0.0689. The SMILES string of the molecule is COC1(C(=O)NCCc2cccc(C(=O)O)c2)CCC1. The number of rotatable bonds is 6. The van der Waals surface area contributed by atoms with Crippen LogP contribution < -0.4 is 5.32 Å². The Labute approximate surface area is 117 Å². The molecule has 2 rings (SSSR count). The molecule has 1 aromatic carbocycles. The Hall–Kier alpha value is -1.88. The van der Waals surface area contributed by atoms with Gasteiger partial charge in [-0.3, -0.25) is 4.79 Å². The fourth-order valence-electron chi connectivity index (χ4n) is 2.36. The van der Waals surface area contributed by atoms with Crippen LogP contribution in [-0.2, 0) is 16.0 Å². The van der Waals surface area contributed by atoms with Gasteiger partial charge in [0.25, 0.3) is 5.91 Å². The van der Waals surface area contributed by atoms with Crippen molar-refractivity contribution in [2.24, 2.45) is 0 Å². The van der Waals surface area contributed by atoms with Crippen molar-refractivity contribution in [2.75, 3.05) is 13.7 Å². The zero-order valence-corrected chi connectivity index (χ0v) is 11.5. The average Bonchev–Trinajstić information content (AvgIpc) is 2.38. The summed E-state index contributed by atoms with van der Waals surface area (Å²) in [5.41, 5.74) is 0.523. The minimum atomic E-state index is -0.941. The standard InChI is InChI=1S/C15H19NO4/c1-20-15(7-3-8-15)14(19)16-9-6-11-4-2-5-12(10-11)13(17)18/h2,4-5,10H,3,6-9H2,1H3,(H,16,19)(H,17,18). The third-order valence-electron chi connectivity index (χ3n) is 3.84. The van der Waals surface area contributed by atoms with Crippen molar-refractivity contribution in [3.05, 3.63) is 35.4 Å². The highest BCUT2D eigenvalue weighted by atomic mass is 16.5. The molecular formula is C15H19NO4. The van der Waals surface area contributed by atoms with Crippen molar-refractivity contribution in [3.8, 4) is 0 Å². The number of carboxylic acid groups (broad SMARTS) is 1. The fraction of sp³-hybridized carbons (Fsp3) is 0.467. The molecule has 0 aromatic heterocycles. The van der Waals surface area contributed by atoms with Crippen LogP contribution in [-0.4, -0.2) is 36.2 Å². The molecule has 1 fully saturated rings. The van der Waals surface area contributed by atoms with E-state index in [0.29, 0.717) is 13.0 Å². The Morgan fingerprint density at radius 1 is 1.40 bits per heavy atom. The van der Waals surface area contributed by atoms with Crippen molar-refractivity contribution < 1.29 is 19.4 Å². The molecule has 0 aliphatic heterocycles. The van der Waals surface area contributed by atoms with Gasteiger partial charge in [-0.05, 0) is 43.4 Å². The molecule has 1 aromatic rings. The molecule has 1 amide bonds. The Kier molecular flexibility index (Phi) is 4.39. The van der Waals surface area contributed by atoms with E-state index in [1.54, 1.807) is 25.3 Å². The normalized spacial score (nSPS) is 16.2. The number of hydrogen-bond acceptors (Lipinski definition) is 3. The number of carbonyl (C=O) groups excluding carboxylic acids is 1. The molecule has 1 aliphatic carbocycles. The van der Waals surface area contributed by atoms with Crippen LogP contribution in [0.25, 0.3) is 0 Å². The number of carboxylic acids is 1. The Balaban J connectivity index is 1.85. The summed E-state index contributed by atoms with van der Waals surface area (Å²) in [6, 6.07) is 6.75. The molecule has 5 nitrogen and oxygen atoms in total. The first kappa shape index (κ1) is 14.5. The molecule has 0 radical (unpaired) electrons. The molecule has 0 spiro atoms. The van der Waals surface area contributed by atoms with Crippen LogP contribution in [0, 0.1) is 0 Å². The van der Waals surface area contributed by atoms with Crippen LogP contribution in [0.1, 0.15) is 35.2 Å². The van der Waals surface area contributed by atoms with Crippen LogP contribution in [0.5, 0.6) is 0 Å². The third-order valence-corrected chi connectivity index (χ3v) is 3.84. The number of methoxy groups -OCH3 is 1. The Morgan fingerprint density at radius 3 is 2.70 bits per heavy atom. The van der Waals surface area contributed by atoms with Crippen LogP contribution >= 0.6 is 0 Å². The summed E-state index contributed by atoms with van der Waals surface area (Å²) in [5, 5.41) is 11.8. The molecule has 2 N–H and O–H groups in total. The van der Waals surface area contributed by atoms with Crippen molar-refractivity contribution in [1.29, 1.82) is 0 Å². The maximum Gasteiger partial charge on any atom is 0.335 e. The highest BCUT2D eigenvalue weighted by Gasteiger charge is 2.44. The number of benzene rings is 1. The highest BCUT2D eigenvalue weighted by molar-refractivity contribution is 5.87. The predicted octanol–water partition coefficient (Wildman–Crippen LogP) is 1.61. The number of carbonyl (C=O) groups is 2. The van der Waals surface area contributed by atoms with Crippen LogP contribution in [0.2, 0.25) is 0 Å². The second-order valence-corrected chi connectivity index (χ2v) is 5.06. The van der Waals surface area contributed by atoms with Gasteiger partial charge in [0.15, 0.2) is 0 Å². The van der Waals surface area contributed by atoms with Crippen LogP contribution in [0.3, 0.4) is 0 Å². The quantitative estimate of drug-likeness (QED) is 0.828. The average molecular weight is 277 g/mol. The highest BCUT2D eigenvalue weighted by Crippen LogP contribution is 2.35. The summed E-state index contributed by atoms with van der Waals surface area (Å²) in [6.07, 6.45) is 3.15. The minimum Gasteiger partial charge on any atom is -0.478 e. The Bertz CT molecular complexity index is 503. The van der Waals surface area contributed by atoms with E-state index in [-0.39, 0.29) is 11.5 Å². The van der Waals surface area contributed by atoms with Crippen LogP contribution in [0.4, 0.5) is 0 Å². The lowest BCUT2D eigenvalue weighted by molar-refractivity contribution is -0.154. The zero-order chi connectivity index (χ0) is 14.6. The van der Waals surface area contributed by atoms with Crippen molar-refractivity contribution in [1.82, 2.24) is 5.32 Å². The smallest absolute Gasteiger partial charge is 0.335 e. The van der Waals surface area contributed by atoms with E-state index in [1.165, 1.54) is 0 Å². The third kappa shape index (κ3) is 2.99. The molecule has 1 aliphatic rings. The number of amides is 1. The van der Waals surface area contributed by atoms with Crippen molar-refractivity contribution in [3.63, 3.8) is 0 Å². The second kappa shape index (κ2) is 6.05. The lowest BCUT2D eigenvalue weighted by atomic mass is 9.79. The molecule has 1 saturated carbocycles. The van der Waals surface area contributed by atoms with Gasteiger partial charge in [0, 0.05) is 13.7 Å². The van der Waals surface area contributed by atoms with E-state index in [1.807, 2.05) is 6.07 Å². The van der Waals surface area contributed by atoms with Gasteiger partial charge in [0.1, 0.15) is 5.60 Å². The summed E-state index contributed by atoms with van der Waals surface area (Å²) in [5.74, 6) is -1.01. The maximum absolute atomic E-state index is 12.0. The number of nitrogens with one attached hydrogen (secondary N) is 1. The van der Waals surface area contributed by atoms with Gasteiger partial charge < -0.3 is 15.2 Å². The summed E-state index contributed by atoms with van der Waals surface area (Å²) >= 11 is 0. The van der Waals surface area contributed by atoms with Crippen molar-refractivity contribution in [2.45, 2.75) is 31.3 Å². The van der Waals surface area contributed by atoms with Gasteiger partial charge in [0.05, 0.1) is 5.56 Å². The molecule has 5 heteroatoms. The molecule has 108 valence electrons. The van der Waals surface area contributed by atoms with E-state index >= 15 is 0 Å². The molecule has 0 unspecified atom stereocenters. The van der Waals surface area contributed by atoms with Gasteiger partial charge in [-0.1, -0.05) is 12.1 Å². The fourth-order valence-corrected chi connectivity index (χ4v) is 2.36. The summed E-state index contributed by atoms with van der Waals surface area (Å²) in [6.45, 7) is 0.479. The van der Waals surface area contributed by atoms with Crippen LogP contribution in [0.15, 0.2) is 24.3 Å². The number of hydrogen-bond donors (Lipinski definition) is 2. The molecule has 20 heavy (non-hydrogen) atoms. The monoisotopic (exact) mass is 277 g/mol. The molecule has 0 bridgehead atoms. The molecular weight excluding hydrogens is 258 g/mol. The first-order valence-electron chi connectivity index (χ1n) is 6.73. The Morgan fingerprint density at radius 2 is 2.15 bits per heavy atom. The van der Waals surface area contributed by atoms with Gasteiger partial charge in [-0.2, -0.15) is 0 Å². The summed E-state index contributed by atoms with van der Waals surface area (Å²) < 4.78 is 5.30. The van der Waals surface area contributed by atoms with Gasteiger partial charge >= 0.3 is 5.97 Å². The second-order valence-electron chi connectivity index (χ2n) is 5.06. The lowest BCUT2D eigenvalue weighted by Gasteiger charge is -2.38. The van der Waals surface area contributed by atoms with E-state index in [9.17, 15) is 9.59 Å².